The number of nitrogens with one attached hydrogen (secondary N) is 1. The first-order valence-electron chi connectivity index (χ1n) is 5.20. The third kappa shape index (κ3) is 3.18. The highest BCUT2D eigenvalue weighted by atomic mass is 32.2. The number of nitriles is 1. The average Bonchev–Trinajstić information content (AvgIpc) is 2.42. The number of rotatable bonds is 4. The van der Waals surface area contributed by atoms with Crippen LogP contribution in [-0.2, 0) is 0 Å². The van der Waals surface area contributed by atoms with Crippen LogP contribution < -0.4 is 5.32 Å². The number of thioether (sulfide) groups is 1. The fraction of sp³-hybridized carbons (Fsp3) is 0. The monoisotopic (exact) mass is 291 g/mol. The van der Waals surface area contributed by atoms with Gasteiger partial charge in [0.15, 0.2) is 5.03 Å². The van der Waals surface area contributed by atoms with E-state index in [1.54, 1.807) is 5.40 Å². The number of halogens is 1. The van der Waals surface area contributed by atoms with Crippen molar-refractivity contribution in [2.75, 3.05) is 5.32 Å². The van der Waals surface area contributed by atoms with Crippen LogP contribution in [0.15, 0.2) is 35.5 Å². The molecule has 0 atom stereocenters. The van der Waals surface area contributed by atoms with Crippen molar-refractivity contribution in [3.8, 4) is 5.40 Å². The van der Waals surface area contributed by atoms with Crippen molar-refractivity contribution in [3.05, 3.63) is 46.4 Å². The van der Waals surface area contributed by atoms with Crippen LogP contribution in [0, 0.1) is 26.6 Å². The maximum atomic E-state index is 12.8. The maximum Gasteiger partial charge on any atom is 0.320 e. The van der Waals surface area contributed by atoms with Gasteiger partial charge in [-0.05, 0) is 24.3 Å². The Morgan fingerprint density at radius 3 is 2.70 bits per heavy atom. The van der Waals surface area contributed by atoms with Crippen molar-refractivity contribution >= 4 is 29.1 Å². The average molecular weight is 291 g/mol. The van der Waals surface area contributed by atoms with Crippen molar-refractivity contribution in [3.63, 3.8) is 0 Å². The summed E-state index contributed by atoms with van der Waals surface area (Å²) in [5.41, 5.74) is 0.175. The predicted molar refractivity (Wildman–Crippen MR) is 69.8 cm³/mol. The molecule has 0 saturated heterocycles. The number of aromatic nitrogens is 2. The number of benzene rings is 1. The summed E-state index contributed by atoms with van der Waals surface area (Å²) in [5, 5.41) is 23.8. The first kappa shape index (κ1) is 13.7. The Bertz CT molecular complexity index is 686. The molecule has 0 saturated carbocycles. The van der Waals surface area contributed by atoms with E-state index in [4.69, 9.17) is 5.26 Å². The second kappa shape index (κ2) is 5.94. The van der Waals surface area contributed by atoms with E-state index in [9.17, 15) is 14.5 Å². The summed E-state index contributed by atoms with van der Waals surface area (Å²) in [4.78, 5) is 17.7. The molecule has 1 aromatic heterocycles. The van der Waals surface area contributed by atoms with Gasteiger partial charge in [0.2, 0.25) is 5.95 Å². The van der Waals surface area contributed by atoms with E-state index in [0.29, 0.717) is 17.4 Å². The molecule has 0 radical (unpaired) electrons. The largest absolute Gasteiger partial charge is 0.324 e. The van der Waals surface area contributed by atoms with Crippen LogP contribution in [0.1, 0.15) is 0 Å². The Hall–Kier alpha value is -2.73. The van der Waals surface area contributed by atoms with E-state index < -0.39 is 4.92 Å². The van der Waals surface area contributed by atoms with Gasteiger partial charge in [-0.1, -0.05) is 0 Å². The first-order chi connectivity index (χ1) is 9.60. The molecule has 0 amide bonds. The van der Waals surface area contributed by atoms with Gasteiger partial charge < -0.3 is 5.32 Å². The van der Waals surface area contributed by atoms with E-state index in [2.05, 4.69) is 15.3 Å². The summed E-state index contributed by atoms with van der Waals surface area (Å²) in [5.74, 6) is -0.305. The van der Waals surface area contributed by atoms with Crippen LogP contribution in [0.4, 0.5) is 21.7 Å². The van der Waals surface area contributed by atoms with Crippen molar-refractivity contribution < 1.29 is 9.31 Å². The van der Waals surface area contributed by atoms with Crippen LogP contribution in [0.2, 0.25) is 0 Å². The van der Waals surface area contributed by atoms with Gasteiger partial charge >= 0.3 is 5.69 Å². The minimum absolute atomic E-state index is 0.0582. The molecule has 0 spiro atoms. The molecule has 0 bridgehead atoms. The van der Waals surface area contributed by atoms with Gasteiger partial charge in [-0.2, -0.15) is 10.2 Å². The molecule has 0 aliphatic carbocycles. The van der Waals surface area contributed by atoms with Gasteiger partial charge in [0.25, 0.3) is 0 Å². The summed E-state index contributed by atoms with van der Waals surface area (Å²) in [6.07, 6.45) is 1.01. The lowest BCUT2D eigenvalue weighted by molar-refractivity contribution is -0.388. The minimum Gasteiger partial charge on any atom is -0.324 e. The molecule has 7 nitrogen and oxygen atoms in total. The quantitative estimate of drug-likeness (QED) is 0.303. The number of nitro groups is 1. The van der Waals surface area contributed by atoms with Gasteiger partial charge in [-0.3, -0.25) is 10.1 Å². The van der Waals surface area contributed by atoms with Crippen LogP contribution in [0.3, 0.4) is 0 Å². The smallest absolute Gasteiger partial charge is 0.320 e. The van der Waals surface area contributed by atoms with E-state index in [1.807, 2.05) is 0 Å². The minimum atomic E-state index is -0.665. The molecule has 20 heavy (non-hydrogen) atoms. The molecule has 0 aliphatic heterocycles. The van der Waals surface area contributed by atoms with E-state index >= 15 is 0 Å². The Morgan fingerprint density at radius 1 is 1.40 bits per heavy atom. The number of hydrogen-bond acceptors (Lipinski definition) is 7. The lowest BCUT2D eigenvalue weighted by Crippen LogP contribution is -2.01. The highest BCUT2D eigenvalue weighted by Crippen LogP contribution is 2.27. The predicted octanol–water partition coefficient (Wildman–Crippen LogP) is 2.84. The number of hydrogen-bond donors (Lipinski definition) is 1. The molecule has 0 fully saturated rings. The van der Waals surface area contributed by atoms with Crippen molar-refractivity contribution in [2.45, 2.75) is 5.03 Å². The first-order valence-corrected chi connectivity index (χ1v) is 6.02. The molecule has 1 aromatic carbocycles. The van der Waals surface area contributed by atoms with E-state index in [-0.39, 0.29) is 22.5 Å². The maximum absolute atomic E-state index is 12.8. The number of nitrogens with zero attached hydrogens (tertiary/aromatic N) is 4. The van der Waals surface area contributed by atoms with Gasteiger partial charge in [0, 0.05) is 17.4 Å². The summed E-state index contributed by atoms with van der Waals surface area (Å²) in [7, 11) is 0. The van der Waals surface area contributed by atoms with Crippen LogP contribution in [0.25, 0.3) is 0 Å². The van der Waals surface area contributed by atoms with E-state index in [0.717, 1.165) is 6.20 Å². The molecule has 1 N–H and O–H groups in total. The Balaban J connectivity index is 2.29. The molecule has 9 heteroatoms. The second-order valence-electron chi connectivity index (χ2n) is 3.47. The third-order valence-corrected chi connectivity index (χ3v) is 2.76. The van der Waals surface area contributed by atoms with Gasteiger partial charge in [-0.25, -0.2) is 9.37 Å². The van der Waals surface area contributed by atoms with Gasteiger partial charge in [0.1, 0.15) is 17.4 Å². The summed E-state index contributed by atoms with van der Waals surface area (Å²) < 4.78 is 12.8. The standard InChI is InChI=1S/C11H6FN5O2S/c12-7-1-3-8(4-2-7)15-11-14-5-9(17(18)19)10(16-11)20-6-13/h1-5H,(H,14,15,16). The zero-order valence-corrected chi connectivity index (χ0v) is 10.6. The summed E-state index contributed by atoms with van der Waals surface area (Å²) >= 11 is 0.570. The Labute approximate surface area is 116 Å². The number of anilines is 2. The van der Waals surface area contributed by atoms with Crippen LogP contribution in [-0.4, -0.2) is 14.9 Å². The van der Waals surface area contributed by atoms with Crippen molar-refractivity contribution in [1.82, 2.24) is 9.97 Å². The second-order valence-corrected chi connectivity index (χ2v) is 4.24. The topological polar surface area (TPSA) is 105 Å². The molecule has 0 unspecified atom stereocenters. The lowest BCUT2D eigenvalue weighted by Gasteiger charge is -2.05. The Kier molecular flexibility index (Phi) is 4.07. The fourth-order valence-electron chi connectivity index (χ4n) is 1.33. The molecule has 2 rings (SSSR count). The van der Waals surface area contributed by atoms with Crippen LogP contribution in [0.5, 0.6) is 0 Å². The molecule has 0 aliphatic rings. The van der Waals surface area contributed by atoms with Crippen LogP contribution >= 0.6 is 11.8 Å². The molecular formula is C11H6FN5O2S. The fourth-order valence-corrected chi connectivity index (χ4v) is 1.78. The lowest BCUT2D eigenvalue weighted by atomic mass is 10.3. The van der Waals surface area contributed by atoms with Crippen molar-refractivity contribution in [1.29, 1.82) is 5.26 Å². The summed E-state index contributed by atoms with van der Waals surface area (Å²) in [6, 6.07) is 5.44. The zero-order valence-electron chi connectivity index (χ0n) is 9.78. The van der Waals surface area contributed by atoms with E-state index in [1.165, 1.54) is 24.3 Å². The number of thiocyanates is 1. The molecule has 1 heterocycles. The van der Waals surface area contributed by atoms with Gasteiger partial charge in [0.05, 0.1) is 4.92 Å². The molecule has 100 valence electrons. The van der Waals surface area contributed by atoms with Gasteiger partial charge in [-0.15, -0.1) is 0 Å². The molecular weight excluding hydrogens is 285 g/mol. The third-order valence-electron chi connectivity index (χ3n) is 2.18. The Morgan fingerprint density at radius 2 is 2.10 bits per heavy atom. The normalized spacial score (nSPS) is 9.80. The zero-order chi connectivity index (χ0) is 14.5. The van der Waals surface area contributed by atoms with Crippen molar-refractivity contribution in [2.24, 2.45) is 0 Å². The summed E-state index contributed by atoms with van der Waals surface area (Å²) in [6.45, 7) is 0. The SMILES string of the molecule is N#CSc1nc(Nc2ccc(F)cc2)ncc1[N+](=O)[O-]. The molecule has 2 aromatic rings. The highest BCUT2D eigenvalue weighted by Gasteiger charge is 2.17. The highest BCUT2D eigenvalue weighted by molar-refractivity contribution is 8.03.